The van der Waals surface area contributed by atoms with Crippen LogP contribution in [-0.4, -0.2) is 43.0 Å². The molecule has 0 saturated heterocycles. The first-order chi connectivity index (χ1) is 10.4. The molecule has 146 valence electrons. The molecule has 0 aliphatic heterocycles. The molecule has 4 nitrogen and oxygen atoms in total. The summed E-state index contributed by atoms with van der Waals surface area (Å²) in [7, 11) is -5.16. The summed E-state index contributed by atoms with van der Waals surface area (Å²) in [4.78, 5) is 0. The van der Waals surface area contributed by atoms with Gasteiger partial charge in [0, 0.05) is 6.42 Å². The molecular formula is C10H13F9O4S. The number of alkyl halides is 9. The average molecular weight is 400 g/mol. The van der Waals surface area contributed by atoms with Crippen molar-refractivity contribution >= 4 is 10.4 Å². The summed E-state index contributed by atoms with van der Waals surface area (Å²) in [6.45, 7) is 1.38. The topological polar surface area (TPSA) is 63.6 Å². The Morgan fingerprint density at radius 2 is 1.38 bits per heavy atom. The lowest BCUT2D eigenvalue weighted by Gasteiger charge is -2.34. The zero-order valence-corrected chi connectivity index (χ0v) is 12.7. The average Bonchev–Trinajstić information content (AvgIpc) is 2.32. The molecule has 0 radical (unpaired) electrons. The Balaban J connectivity index is 5.31. The van der Waals surface area contributed by atoms with Gasteiger partial charge in [0.1, 0.15) is 0 Å². The molecule has 0 bridgehead atoms. The predicted molar refractivity (Wildman–Crippen MR) is 61.5 cm³/mol. The van der Waals surface area contributed by atoms with Gasteiger partial charge in [0.15, 0.2) is 0 Å². The molecule has 1 unspecified atom stereocenters. The molecule has 0 amide bonds. The maximum absolute atomic E-state index is 13.3. The Kier molecular flexibility index (Phi) is 7.01. The molecule has 0 aliphatic carbocycles. The Morgan fingerprint density at radius 1 is 0.917 bits per heavy atom. The molecule has 0 aromatic carbocycles. The van der Waals surface area contributed by atoms with E-state index in [0.29, 0.717) is 0 Å². The lowest BCUT2D eigenvalue weighted by Crippen LogP contribution is -2.60. The van der Waals surface area contributed by atoms with Crippen LogP contribution in [-0.2, 0) is 14.6 Å². The van der Waals surface area contributed by atoms with Crippen LogP contribution in [0.25, 0.3) is 0 Å². The normalized spacial score (nSPS) is 16.3. The van der Waals surface area contributed by atoms with E-state index in [9.17, 15) is 47.9 Å². The van der Waals surface area contributed by atoms with E-state index in [0.717, 1.165) is 0 Å². The summed E-state index contributed by atoms with van der Waals surface area (Å²) in [5, 5.41) is 0. The molecular weight excluding hydrogens is 387 g/mol. The summed E-state index contributed by atoms with van der Waals surface area (Å²) in [5.41, 5.74) is 0. The molecule has 1 N–H and O–H groups in total. The second-order valence-electron chi connectivity index (χ2n) is 4.82. The third-order valence-electron chi connectivity index (χ3n) is 2.86. The van der Waals surface area contributed by atoms with Gasteiger partial charge in [-0.3, -0.25) is 4.55 Å². The van der Waals surface area contributed by atoms with E-state index in [2.05, 4.69) is 4.18 Å². The van der Waals surface area contributed by atoms with Gasteiger partial charge in [0.2, 0.25) is 0 Å². The van der Waals surface area contributed by atoms with Crippen molar-refractivity contribution in [3.8, 4) is 0 Å². The van der Waals surface area contributed by atoms with Crippen LogP contribution < -0.4 is 0 Å². The molecule has 0 spiro atoms. The first-order valence-electron chi connectivity index (χ1n) is 6.25. The monoisotopic (exact) mass is 400 g/mol. The predicted octanol–water partition coefficient (Wildman–Crippen LogP) is 4.22. The molecule has 14 heteroatoms. The minimum Gasteiger partial charge on any atom is -0.264 e. The Hall–Kier alpha value is -0.760. The van der Waals surface area contributed by atoms with Crippen LogP contribution in [0.2, 0.25) is 0 Å². The number of rotatable bonds is 9. The van der Waals surface area contributed by atoms with E-state index in [1.165, 1.54) is 6.92 Å². The highest BCUT2D eigenvalue weighted by Crippen LogP contribution is 2.54. The van der Waals surface area contributed by atoms with Crippen molar-refractivity contribution in [2.75, 3.05) is 0 Å². The molecule has 0 aromatic rings. The summed E-state index contributed by atoms with van der Waals surface area (Å²) in [6.07, 6.45) is -12.6. The van der Waals surface area contributed by atoms with Crippen LogP contribution >= 0.6 is 0 Å². The van der Waals surface area contributed by atoms with Crippen LogP contribution in [0.3, 0.4) is 0 Å². The molecule has 1 atom stereocenters. The zero-order chi connectivity index (χ0) is 19.6. The van der Waals surface area contributed by atoms with Crippen molar-refractivity contribution in [3.05, 3.63) is 0 Å². The quantitative estimate of drug-likeness (QED) is 0.465. The lowest BCUT2D eigenvalue weighted by atomic mass is 9.97. The van der Waals surface area contributed by atoms with Gasteiger partial charge in [0.25, 0.3) is 0 Å². The number of hydrogen-bond acceptors (Lipinski definition) is 3. The van der Waals surface area contributed by atoms with E-state index in [1.54, 1.807) is 0 Å². The van der Waals surface area contributed by atoms with Crippen molar-refractivity contribution in [3.63, 3.8) is 0 Å². The van der Waals surface area contributed by atoms with Gasteiger partial charge in [0.05, 0.1) is 6.10 Å². The van der Waals surface area contributed by atoms with Crippen molar-refractivity contribution in [1.82, 2.24) is 0 Å². The molecule has 0 aromatic heterocycles. The molecule has 0 fully saturated rings. The Morgan fingerprint density at radius 3 is 1.71 bits per heavy atom. The van der Waals surface area contributed by atoms with E-state index < -0.39 is 53.3 Å². The summed E-state index contributed by atoms with van der Waals surface area (Å²) in [6, 6.07) is 0. The van der Waals surface area contributed by atoms with Gasteiger partial charge in [-0.1, -0.05) is 13.3 Å². The van der Waals surface area contributed by atoms with Gasteiger partial charge < -0.3 is 0 Å². The van der Waals surface area contributed by atoms with Crippen LogP contribution in [0.15, 0.2) is 0 Å². The maximum atomic E-state index is 13.3. The maximum Gasteiger partial charge on any atom is 0.460 e. The van der Waals surface area contributed by atoms with Gasteiger partial charge in [-0.2, -0.15) is 47.9 Å². The van der Waals surface area contributed by atoms with Crippen molar-refractivity contribution in [2.24, 2.45) is 0 Å². The first kappa shape index (κ1) is 23.2. The third-order valence-corrected chi connectivity index (χ3v) is 3.37. The van der Waals surface area contributed by atoms with Gasteiger partial charge >= 0.3 is 34.3 Å². The Bertz CT molecular complexity index is 515. The lowest BCUT2D eigenvalue weighted by molar-refractivity contribution is -0.397. The first-order valence-corrected chi connectivity index (χ1v) is 7.61. The third kappa shape index (κ3) is 5.37. The minimum atomic E-state index is -7.01. The zero-order valence-electron chi connectivity index (χ0n) is 11.9. The fourth-order valence-electron chi connectivity index (χ4n) is 1.64. The van der Waals surface area contributed by atoms with Crippen LogP contribution in [0, 0.1) is 0 Å². The smallest absolute Gasteiger partial charge is 0.264 e. The standard InChI is InChI=1S/C10H13F9O4S/c1-2-3-6(23-24(20,21)22)4-5-7(11,12)8(13,14)9(15,16)10(17,18)19/h6H,2-5H2,1H3,(H,20,21,22). The second kappa shape index (κ2) is 7.23. The fraction of sp³-hybridized carbons (Fsp3) is 1.00. The SMILES string of the molecule is CCCC(CCC(F)(F)C(F)(F)C(F)(F)C(F)(F)F)OS(=O)(=O)O. The summed E-state index contributed by atoms with van der Waals surface area (Å²) in [5.74, 6) is -19.6. The van der Waals surface area contributed by atoms with Gasteiger partial charge in [-0.05, 0) is 12.8 Å². The van der Waals surface area contributed by atoms with Crippen LogP contribution in [0.5, 0.6) is 0 Å². The van der Waals surface area contributed by atoms with Gasteiger partial charge in [-0.15, -0.1) is 0 Å². The van der Waals surface area contributed by atoms with Crippen molar-refractivity contribution in [1.29, 1.82) is 0 Å². The van der Waals surface area contributed by atoms with E-state index in [1.807, 2.05) is 0 Å². The number of hydrogen-bond donors (Lipinski definition) is 1. The van der Waals surface area contributed by atoms with Crippen molar-refractivity contribution < 1.29 is 56.7 Å². The van der Waals surface area contributed by atoms with Gasteiger partial charge in [-0.25, -0.2) is 4.18 Å². The molecule has 0 heterocycles. The summed E-state index contributed by atoms with van der Waals surface area (Å²) < 4.78 is 147. The summed E-state index contributed by atoms with van der Waals surface area (Å²) >= 11 is 0. The highest BCUT2D eigenvalue weighted by atomic mass is 32.3. The molecule has 0 saturated carbocycles. The van der Waals surface area contributed by atoms with E-state index in [4.69, 9.17) is 4.55 Å². The number of halogens is 9. The molecule has 0 rings (SSSR count). The van der Waals surface area contributed by atoms with E-state index in [-0.39, 0.29) is 12.8 Å². The van der Waals surface area contributed by atoms with Crippen LogP contribution in [0.4, 0.5) is 39.5 Å². The van der Waals surface area contributed by atoms with Crippen LogP contribution in [0.1, 0.15) is 32.6 Å². The Labute approximate surface area is 130 Å². The van der Waals surface area contributed by atoms with E-state index >= 15 is 0 Å². The second-order valence-corrected chi connectivity index (χ2v) is 5.87. The minimum absolute atomic E-state index is 0.0564. The fourth-order valence-corrected chi connectivity index (χ4v) is 2.18. The highest BCUT2D eigenvalue weighted by molar-refractivity contribution is 7.80. The van der Waals surface area contributed by atoms with Crippen molar-refractivity contribution in [2.45, 2.75) is 62.7 Å². The molecule has 24 heavy (non-hydrogen) atoms. The molecule has 0 aliphatic rings. The highest BCUT2D eigenvalue weighted by Gasteiger charge is 2.81. The largest absolute Gasteiger partial charge is 0.460 e.